The highest BCUT2D eigenvalue weighted by Gasteiger charge is 2.23. The largest absolute Gasteiger partial charge is 0.507 e. The van der Waals surface area contributed by atoms with Gasteiger partial charge in [-0.2, -0.15) is 9.97 Å². The van der Waals surface area contributed by atoms with Crippen molar-refractivity contribution in [3.05, 3.63) is 60.4 Å². The Morgan fingerprint density at radius 2 is 1.61 bits per heavy atom. The zero-order chi connectivity index (χ0) is 24.3. The minimum atomic E-state index is 0.294. The highest BCUT2D eigenvalue weighted by atomic mass is 16.3. The molecule has 2 saturated carbocycles. The number of nitrogens with one attached hydrogen (secondary N) is 2. The van der Waals surface area contributed by atoms with Crippen molar-refractivity contribution in [3.63, 3.8) is 0 Å². The summed E-state index contributed by atoms with van der Waals surface area (Å²) in [6.45, 7) is 0.631. The van der Waals surface area contributed by atoms with Crippen molar-refractivity contribution in [1.29, 1.82) is 0 Å². The summed E-state index contributed by atoms with van der Waals surface area (Å²) in [7, 11) is 0. The highest BCUT2D eigenvalue weighted by molar-refractivity contribution is 5.84. The lowest BCUT2D eigenvalue weighted by atomic mass is 9.96. The van der Waals surface area contributed by atoms with Crippen LogP contribution in [0, 0.1) is 0 Å². The fraction of sp³-hybridized carbons (Fsp3) is 0.414. The Balaban J connectivity index is 1.26. The lowest BCUT2D eigenvalue weighted by Crippen LogP contribution is -2.24. The third kappa shape index (κ3) is 4.74. The number of anilines is 2. The Labute approximate surface area is 212 Å². The highest BCUT2D eigenvalue weighted by Crippen LogP contribution is 2.34. The second-order valence-corrected chi connectivity index (χ2v) is 10.2. The van der Waals surface area contributed by atoms with Crippen molar-refractivity contribution >= 4 is 22.9 Å². The van der Waals surface area contributed by atoms with Crippen LogP contribution in [0.1, 0.15) is 69.4 Å². The summed E-state index contributed by atoms with van der Waals surface area (Å²) in [5, 5.41) is 17.3. The van der Waals surface area contributed by atoms with Crippen LogP contribution < -0.4 is 10.6 Å². The van der Waals surface area contributed by atoms with E-state index in [-0.39, 0.29) is 0 Å². The summed E-state index contributed by atoms with van der Waals surface area (Å²) in [6.07, 6.45) is 13.1. The number of fused-ring (bicyclic) bond motifs is 1. The van der Waals surface area contributed by atoms with Gasteiger partial charge in [-0.3, -0.25) is 0 Å². The quantitative estimate of drug-likeness (QED) is 0.273. The first kappa shape index (κ1) is 22.8. The van der Waals surface area contributed by atoms with Gasteiger partial charge in [0.15, 0.2) is 17.0 Å². The molecule has 6 rings (SSSR count). The van der Waals surface area contributed by atoms with Crippen LogP contribution in [0.15, 0.2) is 54.9 Å². The maximum atomic E-state index is 10.2. The zero-order valence-electron chi connectivity index (χ0n) is 20.7. The summed E-state index contributed by atoms with van der Waals surface area (Å²) in [4.78, 5) is 14.6. The number of rotatable bonds is 7. The van der Waals surface area contributed by atoms with E-state index in [0.717, 1.165) is 33.7 Å². The van der Waals surface area contributed by atoms with E-state index in [2.05, 4.69) is 27.3 Å². The third-order valence-electron chi connectivity index (χ3n) is 7.71. The van der Waals surface area contributed by atoms with Gasteiger partial charge in [0, 0.05) is 24.2 Å². The summed E-state index contributed by atoms with van der Waals surface area (Å²) < 4.78 is 2.27. The molecule has 0 aliphatic heterocycles. The van der Waals surface area contributed by atoms with E-state index in [0.29, 0.717) is 30.3 Å². The number of phenols is 1. The predicted molar refractivity (Wildman–Crippen MR) is 144 cm³/mol. The zero-order valence-corrected chi connectivity index (χ0v) is 20.7. The van der Waals surface area contributed by atoms with Crippen molar-refractivity contribution in [2.24, 2.45) is 0 Å². The van der Waals surface area contributed by atoms with Crippen molar-refractivity contribution < 1.29 is 5.11 Å². The number of hydrogen-bond acceptors (Lipinski definition) is 6. The number of aromatic nitrogens is 4. The topological polar surface area (TPSA) is 87.9 Å². The second kappa shape index (κ2) is 10.2. The molecule has 2 aromatic heterocycles. The van der Waals surface area contributed by atoms with Crippen LogP contribution in [0.4, 0.5) is 11.8 Å². The smallest absolute Gasteiger partial charge is 0.227 e. The first-order valence-corrected chi connectivity index (χ1v) is 13.4. The number of phenolic OH excluding ortho intramolecular Hbond substituents is 1. The molecule has 0 saturated heterocycles. The van der Waals surface area contributed by atoms with Crippen LogP contribution in [-0.2, 0) is 6.54 Å². The molecule has 0 spiro atoms. The Kier molecular flexibility index (Phi) is 6.45. The molecule has 186 valence electrons. The minimum Gasteiger partial charge on any atom is -0.507 e. The Morgan fingerprint density at radius 3 is 2.39 bits per heavy atom. The summed E-state index contributed by atoms with van der Waals surface area (Å²) >= 11 is 0. The molecule has 2 aliphatic rings. The summed E-state index contributed by atoms with van der Waals surface area (Å²) in [6, 6.07) is 16.6. The summed E-state index contributed by atoms with van der Waals surface area (Å²) in [5.74, 6) is 1.77. The summed E-state index contributed by atoms with van der Waals surface area (Å²) in [5.41, 5.74) is 4.73. The Hall–Kier alpha value is -3.61. The molecule has 2 aliphatic carbocycles. The van der Waals surface area contributed by atoms with Gasteiger partial charge in [-0.1, -0.05) is 74.6 Å². The van der Waals surface area contributed by atoms with Gasteiger partial charge in [-0.05, 0) is 42.9 Å². The van der Waals surface area contributed by atoms with Crippen LogP contribution >= 0.6 is 0 Å². The average Bonchev–Trinajstić information content (AvgIpc) is 3.59. The molecule has 2 aromatic carbocycles. The van der Waals surface area contributed by atoms with Crippen LogP contribution in [0.5, 0.6) is 5.75 Å². The number of benzene rings is 2. The number of hydrogen-bond donors (Lipinski definition) is 3. The van der Waals surface area contributed by atoms with E-state index in [1.54, 1.807) is 6.07 Å². The lowest BCUT2D eigenvalue weighted by Gasteiger charge is -2.23. The van der Waals surface area contributed by atoms with Gasteiger partial charge < -0.3 is 20.3 Å². The molecular formula is C29H34N6O. The molecule has 0 atom stereocenters. The molecule has 7 nitrogen and oxygen atoms in total. The molecule has 2 heterocycles. The molecule has 2 fully saturated rings. The molecule has 0 unspecified atom stereocenters. The number of nitrogens with zero attached hydrogens (tertiary/aromatic N) is 4. The Bertz CT molecular complexity index is 1320. The monoisotopic (exact) mass is 482 g/mol. The van der Waals surface area contributed by atoms with Crippen molar-refractivity contribution in [3.8, 4) is 16.9 Å². The molecule has 36 heavy (non-hydrogen) atoms. The van der Waals surface area contributed by atoms with Gasteiger partial charge in [0.1, 0.15) is 5.75 Å². The minimum absolute atomic E-state index is 0.294. The molecule has 0 amide bonds. The maximum Gasteiger partial charge on any atom is 0.227 e. The molecular weight excluding hydrogens is 448 g/mol. The molecule has 0 bridgehead atoms. The Morgan fingerprint density at radius 1 is 0.861 bits per heavy atom. The SMILES string of the molecule is Oc1ccccc1-c1ccc(CNc2nc(NC3CCCCC3)nc3c2ncn3C2CCCC2)cc1. The van der Waals surface area contributed by atoms with Crippen molar-refractivity contribution in [2.45, 2.75) is 76.4 Å². The second-order valence-electron chi connectivity index (χ2n) is 10.2. The number of aromatic hydroxyl groups is 1. The predicted octanol–water partition coefficient (Wildman–Crippen LogP) is 6.67. The van der Waals surface area contributed by atoms with E-state index >= 15 is 0 Å². The normalized spacial score (nSPS) is 17.0. The fourth-order valence-corrected chi connectivity index (χ4v) is 5.69. The molecule has 4 aromatic rings. The van der Waals surface area contributed by atoms with Gasteiger partial charge in [0.25, 0.3) is 0 Å². The third-order valence-corrected chi connectivity index (χ3v) is 7.71. The molecule has 0 radical (unpaired) electrons. The maximum absolute atomic E-state index is 10.2. The van der Waals surface area contributed by atoms with Gasteiger partial charge >= 0.3 is 0 Å². The fourth-order valence-electron chi connectivity index (χ4n) is 5.69. The standard InChI is InChI=1S/C29H34N6O/c36-25-13-7-6-12-24(25)21-16-14-20(15-17-21)18-30-27-26-28(35(19-31-26)23-10-4-5-11-23)34-29(33-27)32-22-8-2-1-3-9-22/h6-7,12-17,19,22-23,36H,1-5,8-11,18H2,(H2,30,32,33,34). The van der Waals surface area contributed by atoms with Crippen LogP contribution in [0.3, 0.4) is 0 Å². The first-order chi connectivity index (χ1) is 17.7. The van der Waals surface area contributed by atoms with Crippen molar-refractivity contribution in [2.75, 3.05) is 10.6 Å². The number of para-hydroxylation sites is 1. The van der Waals surface area contributed by atoms with Gasteiger partial charge in [0.05, 0.1) is 6.33 Å². The van der Waals surface area contributed by atoms with Gasteiger partial charge in [-0.25, -0.2) is 4.98 Å². The van der Waals surface area contributed by atoms with E-state index in [9.17, 15) is 5.11 Å². The van der Waals surface area contributed by atoms with Crippen LogP contribution in [0.2, 0.25) is 0 Å². The first-order valence-electron chi connectivity index (χ1n) is 13.4. The number of imidazole rings is 1. The lowest BCUT2D eigenvalue weighted by molar-refractivity contribution is 0.461. The van der Waals surface area contributed by atoms with E-state index in [4.69, 9.17) is 15.0 Å². The van der Waals surface area contributed by atoms with Crippen LogP contribution in [0.25, 0.3) is 22.3 Å². The van der Waals surface area contributed by atoms with Gasteiger partial charge in [0.2, 0.25) is 5.95 Å². The van der Waals surface area contributed by atoms with Crippen molar-refractivity contribution in [1.82, 2.24) is 19.5 Å². The van der Waals surface area contributed by atoms with E-state index in [1.165, 1.54) is 57.8 Å². The molecule has 3 N–H and O–H groups in total. The van der Waals surface area contributed by atoms with Gasteiger partial charge in [-0.15, -0.1) is 0 Å². The van der Waals surface area contributed by atoms with Crippen LogP contribution in [-0.4, -0.2) is 30.7 Å². The average molecular weight is 483 g/mol. The van der Waals surface area contributed by atoms with E-state index < -0.39 is 0 Å². The van der Waals surface area contributed by atoms with E-state index in [1.807, 2.05) is 36.7 Å². The molecule has 7 heteroatoms.